The van der Waals surface area contributed by atoms with Gasteiger partial charge in [0, 0.05) is 12.8 Å². The van der Waals surface area contributed by atoms with Crippen LogP contribution in [-0.2, 0) is 32.7 Å². The van der Waals surface area contributed by atoms with E-state index >= 15 is 0 Å². The van der Waals surface area contributed by atoms with Crippen molar-refractivity contribution in [3.8, 4) is 0 Å². The number of aliphatic hydroxyl groups excluding tert-OH is 6. The smallest absolute Gasteiger partial charge is 0.462 e. The third-order valence-corrected chi connectivity index (χ3v) is 11.0. The zero-order chi connectivity index (χ0) is 43.0. The zero-order valence-electron chi connectivity index (χ0n) is 35.2. The Morgan fingerprint density at radius 3 is 1.67 bits per heavy atom. The van der Waals surface area contributed by atoms with E-state index in [0.29, 0.717) is 12.8 Å². The molecule has 0 aromatic carbocycles. The number of rotatable bonds is 35. The molecule has 7 atom stereocenters. The molecule has 14 nitrogen and oxygen atoms in total. The lowest BCUT2D eigenvalue weighted by atomic mass is 9.85. The minimum Gasteiger partial charge on any atom is -0.462 e. The molecule has 0 saturated heterocycles. The second-order valence-corrected chi connectivity index (χ2v) is 16.8. The second kappa shape index (κ2) is 33.7. The van der Waals surface area contributed by atoms with Gasteiger partial charge >= 0.3 is 19.8 Å². The summed E-state index contributed by atoms with van der Waals surface area (Å²) in [4.78, 5) is 35.6. The van der Waals surface area contributed by atoms with Gasteiger partial charge in [-0.3, -0.25) is 18.6 Å². The van der Waals surface area contributed by atoms with E-state index in [0.717, 1.165) is 96.3 Å². The number of ether oxygens (including phenoxy) is 2. The van der Waals surface area contributed by atoms with Crippen molar-refractivity contribution in [3.63, 3.8) is 0 Å². The summed E-state index contributed by atoms with van der Waals surface area (Å²) in [5, 5.41) is 60.0. The van der Waals surface area contributed by atoms with E-state index in [1.54, 1.807) is 6.08 Å². The molecule has 7 N–H and O–H groups in total. The van der Waals surface area contributed by atoms with Gasteiger partial charge < -0.3 is 45.0 Å². The molecule has 1 aliphatic rings. The third kappa shape index (κ3) is 26.3. The van der Waals surface area contributed by atoms with Crippen molar-refractivity contribution in [2.75, 3.05) is 13.2 Å². The average Bonchev–Trinajstić information content (AvgIpc) is 3.19. The van der Waals surface area contributed by atoms with E-state index in [2.05, 4.69) is 32.1 Å². The van der Waals surface area contributed by atoms with E-state index in [1.165, 1.54) is 25.7 Å². The van der Waals surface area contributed by atoms with Gasteiger partial charge in [0.2, 0.25) is 0 Å². The third-order valence-electron chi connectivity index (χ3n) is 10.1. The van der Waals surface area contributed by atoms with Crippen molar-refractivity contribution >= 4 is 19.8 Å². The number of carbonyl (C=O) groups excluding carboxylic acids is 2. The Hall–Kier alpha value is -1.97. The molecule has 0 bridgehead atoms. The van der Waals surface area contributed by atoms with Gasteiger partial charge in [-0.15, -0.1) is 0 Å². The molecule has 1 rings (SSSR count). The van der Waals surface area contributed by atoms with Gasteiger partial charge in [-0.2, -0.15) is 0 Å². The predicted octanol–water partition coefficient (Wildman–Crippen LogP) is 6.80. The molecule has 0 amide bonds. The molecule has 7 unspecified atom stereocenters. The highest BCUT2D eigenvalue weighted by Gasteiger charge is 2.51. The number of unbranched alkanes of at least 4 members (excludes halogenated alkanes) is 16. The van der Waals surface area contributed by atoms with E-state index < -0.39 is 81.8 Å². The lowest BCUT2D eigenvalue weighted by Gasteiger charge is -2.41. The quantitative estimate of drug-likeness (QED) is 0.0114. The van der Waals surface area contributed by atoms with Gasteiger partial charge in [0.1, 0.15) is 43.2 Å². The number of aliphatic hydroxyl groups is 6. The standard InChI is InChI=1S/C43H77O14P/c1-3-5-7-8-9-10-11-12-13-16-19-22-26-30-36(45)54-32-35(33-55-58(52,53)57-43-41(50)39(48)38(47)40(49)42(43)51)56-37(46)31-27-23-20-17-14-15-18-21-25-29-34(44)28-24-6-4-2/h10-11,18,21,25,29,34-35,38-44,47-51H,3-9,12-17,19-20,22-24,26-28,30-33H2,1-2H3,(H,52,53). The van der Waals surface area contributed by atoms with Crippen LogP contribution in [0.5, 0.6) is 0 Å². The summed E-state index contributed by atoms with van der Waals surface area (Å²) < 4.78 is 33.4. The minimum absolute atomic E-state index is 0.0519. The fraction of sp³-hybridized carbons (Fsp3) is 0.814. The van der Waals surface area contributed by atoms with Crippen LogP contribution in [0.4, 0.5) is 0 Å². The van der Waals surface area contributed by atoms with Gasteiger partial charge in [-0.25, -0.2) is 4.57 Å². The van der Waals surface area contributed by atoms with Crippen LogP contribution in [0, 0.1) is 0 Å². The van der Waals surface area contributed by atoms with Crippen molar-refractivity contribution in [3.05, 3.63) is 36.5 Å². The average molecular weight is 849 g/mol. The van der Waals surface area contributed by atoms with Crippen LogP contribution in [0.2, 0.25) is 0 Å². The lowest BCUT2D eigenvalue weighted by molar-refractivity contribution is -0.220. The second-order valence-electron chi connectivity index (χ2n) is 15.4. The Balaban J connectivity index is 2.53. The van der Waals surface area contributed by atoms with Gasteiger partial charge in [-0.1, -0.05) is 127 Å². The summed E-state index contributed by atoms with van der Waals surface area (Å²) in [7, 11) is -5.13. The minimum atomic E-state index is -5.13. The normalized spacial score (nSPS) is 23.4. The van der Waals surface area contributed by atoms with E-state index in [1.807, 2.05) is 12.2 Å². The monoisotopic (exact) mass is 849 g/mol. The molecule has 0 spiro atoms. The first-order valence-electron chi connectivity index (χ1n) is 21.9. The first-order valence-corrected chi connectivity index (χ1v) is 23.4. The summed E-state index contributed by atoms with van der Waals surface area (Å²) in [6.45, 7) is 3.11. The number of carbonyl (C=O) groups is 2. The van der Waals surface area contributed by atoms with Crippen molar-refractivity contribution in [2.24, 2.45) is 0 Å². The fourth-order valence-corrected chi connectivity index (χ4v) is 7.39. The van der Waals surface area contributed by atoms with Gasteiger partial charge in [-0.05, 0) is 57.8 Å². The maximum atomic E-state index is 12.8. The van der Waals surface area contributed by atoms with Crippen molar-refractivity contribution in [1.82, 2.24) is 0 Å². The summed E-state index contributed by atoms with van der Waals surface area (Å²) in [5.41, 5.74) is 0. The maximum Gasteiger partial charge on any atom is 0.472 e. The van der Waals surface area contributed by atoms with Crippen molar-refractivity contribution in [2.45, 2.75) is 210 Å². The number of hydrogen-bond donors (Lipinski definition) is 7. The number of hydrogen-bond acceptors (Lipinski definition) is 13. The number of phosphoric acid groups is 1. The van der Waals surface area contributed by atoms with Crippen LogP contribution in [0.25, 0.3) is 0 Å². The molecule has 0 radical (unpaired) electrons. The highest BCUT2D eigenvalue weighted by molar-refractivity contribution is 7.47. The Kier molecular flexibility index (Phi) is 31.4. The van der Waals surface area contributed by atoms with Crippen LogP contribution in [0.1, 0.15) is 162 Å². The van der Waals surface area contributed by atoms with Gasteiger partial charge in [0.05, 0.1) is 12.7 Å². The molecule has 1 saturated carbocycles. The summed E-state index contributed by atoms with van der Waals surface area (Å²) in [6.07, 6.45) is 19.5. The SMILES string of the molecule is CCCCCCC=CCCCCCCCC(=O)OCC(COP(=O)(O)OC1C(O)C(O)C(O)C(O)C1O)OC(=O)CCCCCCCC=CC=CC(O)CCCCC. The highest BCUT2D eigenvalue weighted by Crippen LogP contribution is 2.47. The molecule has 0 heterocycles. The van der Waals surface area contributed by atoms with Crippen LogP contribution in [-0.4, -0.2) is 110 Å². The lowest BCUT2D eigenvalue weighted by Crippen LogP contribution is -2.64. The van der Waals surface area contributed by atoms with Gasteiger partial charge in [0.25, 0.3) is 0 Å². The maximum absolute atomic E-state index is 12.8. The van der Waals surface area contributed by atoms with Crippen LogP contribution >= 0.6 is 7.82 Å². The first-order chi connectivity index (χ1) is 27.8. The Labute approximate surface area is 347 Å². The Bertz CT molecular complexity index is 1180. The predicted molar refractivity (Wildman–Crippen MR) is 222 cm³/mol. The van der Waals surface area contributed by atoms with Crippen LogP contribution in [0.15, 0.2) is 36.5 Å². The fourth-order valence-electron chi connectivity index (χ4n) is 6.42. The van der Waals surface area contributed by atoms with E-state index in [9.17, 15) is 49.7 Å². The molecule has 15 heteroatoms. The summed E-state index contributed by atoms with van der Waals surface area (Å²) in [5.74, 6) is -1.16. The molecular weight excluding hydrogens is 771 g/mol. The first kappa shape index (κ1) is 54.0. The molecule has 0 aromatic heterocycles. The zero-order valence-corrected chi connectivity index (χ0v) is 36.1. The van der Waals surface area contributed by atoms with Crippen molar-refractivity contribution in [1.29, 1.82) is 0 Å². The highest BCUT2D eigenvalue weighted by atomic mass is 31.2. The van der Waals surface area contributed by atoms with E-state index in [-0.39, 0.29) is 12.8 Å². The van der Waals surface area contributed by atoms with Crippen molar-refractivity contribution < 1.29 is 68.2 Å². The molecule has 58 heavy (non-hydrogen) atoms. The number of esters is 2. The van der Waals surface area contributed by atoms with Crippen LogP contribution < -0.4 is 0 Å². The van der Waals surface area contributed by atoms with Gasteiger partial charge in [0.15, 0.2) is 6.10 Å². The molecular formula is C43H77O14P. The molecule has 1 fully saturated rings. The number of phosphoric ester groups is 1. The van der Waals surface area contributed by atoms with Crippen LogP contribution in [0.3, 0.4) is 0 Å². The largest absolute Gasteiger partial charge is 0.472 e. The Morgan fingerprint density at radius 1 is 0.603 bits per heavy atom. The molecule has 338 valence electrons. The summed E-state index contributed by atoms with van der Waals surface area (Å²) >= 11 is 0. The van der Waals surface area contributed by atoms with E-state index in [4.69, 9.17) is 18.5 Å². The molecule has 0 aliphatic heterocycles. The molecule has 0 aromatic rings. The Morgan fingerprint density at radius 2 is 1.09 bits per heavy atom. The number of allylic oxidation sites excluding steroid dienone is 5. The summed E-state index contributed by atoms with van der Waals surface area (Å²) in [6, 6.07) is 0. The molecule has 1 aliphatic carbocycles. The topological polar surface area (TPSA) is 230 Å².